The number of nitrogens with zero attached hydrogens (tertiary/aromatic N) is 2. The smallest absolute Gasteiger partial charge is 0.241 e. The monoisotopic (exact) mass is 265 g/mol. The van der Waals surface area contributed by atoms with E-state index in [0.717, 1.165) is 32.0 Å². The molecule has 0 spiro atoms. The average molecular weight is 265 g/mol. The van der Waals surface area contributed by atoms with Gasteiger partial charge in [-0.2, -0.15) is 0 Å². The van der Waals surface area contributed by atoms with E-state index in [2.05, 4.69) is 35.9 Å². The van der Waals surface area contributed by atoms with Crippen molar-refractivity contribution < 1.29 is 4.79 Å². The molecule has 0 aromatic rings. The first-order valence-electron chi connectivity index (χ1n) is 7.88. The molecule has 0 aromatic carbocycles. The van der Waals surface area contributed by atoms with Crippen molar-refractivity contribution >= 4 is 5.91 Å². The molecule has 1 saturated carbocycles. The van der Waals surface area contributed by atoms with Crippen LogP contribution < -0.4 is 5.32 Å². The molecule has 1 unspecified atom stereocenters. The van der Waals surface area contributed by atoms with Crippen LogP contribution in [0.1, 0.15) is 40.0 Å². The normalized spacial score (nSPS) is 36.4. The molecule has 3 aliphatic rings. The number of hydrogen-bond acceptors (Lipinski definition) is 3. The van der Waals surface area contributed by atoms with Gasteiger partial charge < -0.3 is 4.90 Å². The lowest BCUT2D eigenvalue weighted by Gasteiger charge is -2.30. The summed E-state index contributed by atoms with van der Waals surface area (Å²) in [5, 5.41) is 3.39. The maximum Gasteiger partial charge on any atom is 0.241 e. The van der Waals surface area contributed by atoms with Crippen molar-refractivity contribution in [3.8, 4) is 0 Å². The Labute approximate surface area is 116 Å². The van der Waals surface area contributed by atoms with Crippen molar-refractivity contribution in [1.29, 1.82) is 0 Å². The third kappa shape index (κ3) is 2.79. The zero-order chi connectivity index (χ0) is 13.6. The predicted octanol–water partition coefficient (Wildman–Crippen LogP) is 1.07. The summed E-state index contributed by atoms with van der Waals surface area (Å²) < 4.78 is 0. The topological polar surface area (TPSA) is 45.5 Å². The zero-order valence-corrected chi connectivity index (χ0v) is 12.4. The minimum absolute atomic E-state index is 0.147. The molecule has 4 heteroatoms. The van der Waals surface area contributed by atoms with Crippen molar-refractivity contribution in [3.05, 3.63) is 0 Å². The standard InChI is InChI=1S/C15H27N3O/c1-10(2)18-9-8-17(7-6-11(18)3)15(19)14-13(16-14)12-4-5-12/h10-14,16H,4-9H2,1-3H3/t11?,13-,14+/m0/s1. The van der Waals surface area contributed by atoms with Gasteiger partial charge in [0.2, 0.25) is 5.91 Å². The van der Waals surface area contributed by atoms with Gasteiger partial charge in [-0.05, 0) is 46.0 Å². The fraction of sp³-hybridized carbons (Fsp3) is 0.933. The average Bonchev–Trinajstić information content (AvgIpc) is 3.21. The molecular formula is C15H27N3O. The molecule has 3 atom stereocenters. The summed E-state index contributed by atoms with van der Waals surface area (Å²) in [5.74, 6) is 1.15. The fourth-order valence-electron chi connectivity index (χ4n) is 3.50. The van der Waals surface area contributed by atoms with Crippen LogP contribution in [-0.2, 0) is 4.79 Å². The summed E-state index contributed by atoms with van der Waals surface area (Å²) in [7, 11) is 0. The first-order valence-corrected chi connectivity index (χ1v) is 7.88. The highest BCUT2D eigenvalue weighted by Gasteiger charge is 2.52. The summed E-state index contributed by atoms with van der Waals surface area (Å²) in [5.41, 5.74) is 0. The van der Waals surface area contributed by atoms with Crippen LogP contribution in [0.5, 0.6) is 0 Å². The van der Waals surface area contributed by atoms with Gasteiger partial charge in [0.25, 0.3) is 0 Å². The summed E-state index contributed by atoms with van der Waals surface area (Å²) in [6, 6.07) is 1.82. The number of rotatable bonds is 3. The van der Waals surface area contributed by atoms with Crippen LogP contribution in [-0.4, -0.2) is 59.5 Å². The van der Waals surface area contributed by atoms with E-state index >= 15 is 0 Å². The number of nitrogens with one attached hydrogen (secondary N) is 1. The van der Waals surface area contributed by atoms with Gasteiger partial charge >= 0.3 is 0 Å². The van der Waals surface area contributed by atoms with E-state index in [1.54, 1.807) is 0 Å². The van der Waals surface area contributed by atoms with Gasteiger partial charge in [0.15, 0.2) is 0 Å². The number of carbonyl (C=O) groups excluding carboxylic acids is 1. The fourth-order valence-corrected chi connectivity index (χ4v) is 3.50. The van der Waals surface area contributed by atoms with Crippen molar-refractivity contribution in [2.24, 2.45) is 5.92 Å². The molecular weight excluding hydrogens is 238 g/mol. The van der Waals surface area contributed by atoms with E-state index in [0.29, 0.717) is 24.0 Å². The second-order valence-corrected chi connectivity index (χ2v) is 6.80. The molecule has 0 bridgehead atoms. The molecule has 0 aromatic heterocycles. The van der Waals surface area contributed by atoms with Gasteiger partial charge in [0.05, 0.1) is 0 Å². The Morgan fingerprint density at radius 1 is 1.16 bits per heavy atom. The minimum Gasteiger partial charge on any atom is -0.340 e. The SMILES string of the molecule is CC(C)N1CCN(C(=O)[C@@H]2N[C@H]2C2CC2)CCC1C. The summed E-state index contributed by atoms with van der Waals surface area (Å²) in [6.45, 7) is 9.64. The predicted molar refractivity (Wildman–Crippen MR) is 75.9 cm³/mol. The van der Waals surface area contributed by atoms with Gasteiger partial charge in [-0.1, -0.05) is 0 Å². The lowest BCUT2D eigenvalue weighted by molar-refractivity contribution is -0.130. The maximum atomic E-state index is 12.5. The Bertz CT molecular complexity index is 353. The Balaban J connectivity index is 1.55. The van der Waals surface area contributed by atoms with E-state index in [1.165, 1.54) is 12.8 Å². The van der Waals surface area contributed by atoms with Gasteiger partial charge in [0, 0.05) is 37.8 Å². The van der Waals surface area contributed by atoms with Crippen molar-refractivity contribution in [3.63, 3.8) is 0 Å². The summed E-state index contributed by atoms with van der Waals surface area (Å²) in [6.07, 6.45) is 3.74. The molecule has 4 nitrogen and oxygen atoms in total. The van der Waals surface area contributed by atoms with Crippen LogP contribution in [0.2, 0.25) is 0 Å². The Kier molecular flexibility index (Phi) is 3.56. The van der Waals surface area contributed by atoms with Crippen LogP contribution in [0.15, 0.2) is 0 Å². The zero-order valence-electron chi connectivity index (χ0n) is 12.4. The molecule has 1 amide bonds. The third-order valence-electron chi connectivity index (χ3n) is 5.00. The Hall–Kier alpha value is -0.610. The van der Waals surface area contributed by atoms with E-state index in [-0.39, 0.29) is 6.04 Å². The quantitative estimate of drug-likeness (QED) is 0.776. The van der Waals surface area contributed by atoms with E-state index in [9.17, 15) is 4.79 Å². The highest BCUT2D eigenvalue weighted by Crippen LogP contribution is 2.40. The molecule has 3 fully saturated rings. The van der Waals surface area contributed by atoms with E-state index in [1.807, 2.05) is 0 Å². The first kappa shape index (κ1) is 13.4. The van der Waals surface area contributed by atoms with Gasteiger partial charge in [-0.3, -0.25) is 15.0 Å². The van der Waals surface area contributed by atoms with Crippen molar-refractivity contribution in [1.82, 2.24) is 15.1 Å². The van der Waals surface area contributed by atoms with Crippen molar-refractivity contribution in [2.75, 3.05) is 19.6 Å². The second kappa shape index (κ2) is 5.06. The summed E-state index contributed by atoms with van der Waals surface area (Å²) >= 11 is 0. The maximum absolute atomic E-state index is 12.5. The van der Waals surface area contributed by atoms with Gasteiger partial charge in [-0.15, -0.1) is 0 Å². The molecule has 19 heavy (non-hydrogen) atoms. The largest absolute Gasteiger partial charge is 0.340 e. The number of amides is 1. The molecule has 1 aliphatic carbocycles. The van der Waals surface area contributed by atoms with Crippen LogP contribution in [0.25, 0.3) is 0 Å². The van der Waals surface area contributed by atoms with Crippen LogP contribution >= 0.6 is 0 Å². The lowest BCUT2D eigenvalue weighted by Crippen LogP contribution is -2.41. The van der Waals surface area contributed by atoms with E-state index in [4.69, 9.17) is 0 Å². The molecule has 2 saturated heterocycles. The molecule has 0 radical (unpaired) electrons. The number of carbonyl (C=O) groups is 1. The highest BCUT2D eigenvalue weighted by molar-refractivity contribution is 5.86. The molecule has 1 N–H and O–H groups in total. The molecule has 2 heterocycles. The van der Waals surface area contributed by atoms with Crippen LogP contribution in [0.4, 0.5) is 0 Å². The van der Waals surface area contributed by atoms with Crippen molar-refractivity contribution in [2.45, 2.75) is 64.2 Å². The second-order valence-electron chi connectivity index (χ2n) is 6.80. The lowest BCUT2D eigenvalue weighted by atomic mass is 10.1. The third-order valence-corrected chi connectivity index (χ3v) is 5.00. The Morgan fingerprint density at radius 2 is 1.89 bits per heavy atom. The summed E-state index contributed by atoms with van der Waals surface area (Å²) in [4.78, 5) is 17.1. The minimum atomic E-state index is 0.147. The van der Waals surface area contributed by atoms with Crippen LogP contribution in [0.3, 0.4) is 0 Å². The van der Waals surface area contributed by atoms with E-state index < -0.39 is 0 Å². The molecule has 3 rings (SSSR count). The highest BCUT2D eigenvalue weighted by atomic mass is 16.2. The van der Waals surface area contributed by atoms with Gasteiger partial charge in [0.1, 0.15) is 6.04 Å². The molecule has 2 aliphatic heterocycles. The Morgan fingerprint density at radius 3 is 2.53 bits per heavy atom. The first-order chi connectivity index (χ1) is 9.08. The van der Waals surface area contributed by atoms with Crippen LogP contribution in [0, 0.1) is 5.92 Å². The molecule has 108 valence electrons. The number of hydrogen-bond donors (Lipinski definition) is 1. The van der Waals surface area contributed by atoms with Gasteiger partial charge in [-0.25, -0.2) is 0 Å².